The molecule has 5 nitrogen and oxygen atoms in total. The average Bonchev–Trinajstić information content (AvgIpc) is 3.12. The third-order valence-corrected chi connectivity index (χ3v) is 3.74. The van der Waals surface area contributed by atoms with Crippen molar-refractivity contribution in [2.75, 3.05) is 25.0 Å². The molecule has 3 rings (SSSR count). The minimum absolute atomic E-state index is 0.103. The second-order valence-electron chi connectivity index (χ2n) is 4.40. The van der Waals surface area contributed by atoms with Gasteiger partial charge >= 0.3 is 0 Å². The molecule has 1 saturated carbocycles. The lowest BCUT2D eigenvalue weighted by Crippen LogP contribution is -2.45. The molecule has 0 aromatic carbocycles. The summed E-state index contributed by atoms with van der Waals surface area (Å²) < 4.78 is 5.38. The number of carbonyl (C=O) groups excluding carboxylic acids is 1. The molecule has 1 aromatic rings. The maximum Gasteiger partial charge on any atom is 0.256 e. The zero-order chi connectivity index (χ0) is 11.7. The molecule has 1 saturated heterocycles. The zero-order valence-corrected chi connectivity index (χ0v) is 10.3. The van der Waals surface area contributed by atoms with Crippen LogP contribution in [0.4, 0.5) is 5.13 Å². The molecule has 0 bridgehead atoms. The molecule has 1 aromatic heterocycles. The Morgan fingerprint density at radius 2 is 2.47 bits per heavy atom. The van der Waals surface area contributed by atoms with Crippen molar-refractivity contribution in [1.29, 1.82) is 0 Å². The number of nitrogens with zero attached hydrogens (tertiary/aromatic N) is 1. The van der Waals surface area contributed by atoms with E-state index < -0.39 is 6.10 Å². The smallest absolute Gasteiger partial charge is 0.256 e. The first-order chi connectivity index (χ1) is 8.33. The molecule has 0 spiro atoms. The van der Waals surface area contributed by atoms with Crippen molar-refractivity contribution in [3.8, 4) is 0 Å². The van der Waals surface area contributed by atoms with Gasteiger partial charge in [-0.1, -0.05) is 0 Å². The Bertz CT molecular complexity index is 411. The van der Waals surface area contributed by atoms with Gasteiger partial charge in [0.2, 0.25) is 0 Å². The number of ether oxygens (including phenoxy) is 1. The summed E-state index contributed by atoms with van der Waals surface area (Å²) in [6.07, 6.45) is 2.07. The van der Waals surface area contributed by atoms with E-state index in [9.17, 15) is 4.79 Å². The van der Waals surface area contributed by atoms with Gasteiger partial charge in [0.1, 0.15) is 6.10 Å². The number of morpholine rings is 1. The highest BCUT2D eigenvalue weighted by molar-refractivity contribution is 7.13. The van der Waals surface area contributed by atoms with Crippen LogP contribution in [0.15, 0.2) is 5.38 Å². The van der Waals surface area contributed by atoms with Gasteiger partial charge in [-0.25, -0.2) is 4.98 Å². The maximum atomic E-state index is 11.9. The van der Waals surface area contributed by atoms with Crippen LogP contribution < -0.4 is 10.6 Å². The van der Waals surface area contributed by atoms with Crippen LogP contribution in [-0.2, 0) is 9.53 Å². The first-order valence-corrected chi connectivity index (χ1v) is 6.79. The van der Waals surface area contributed by atoms with Crippen molar-refractivity contribution in [1.82, 2.24) is 10.3 Å². The minimum atomic E-state index is -0.392. The third-order valence-electron chi connectivity index (χ3n) is 2.97. The molecular formula is C11H15N3O2S. The summed E-state index contributed by atoms with van der Waals surface area (Å²) in [7, 11) is 0. The molecule has 1 aliphatic heterocycles. The second kappa shape index (κ2) is 4.72. The largest absolute Gasteiger partial charge is 0.366 e. The van der Waals surface area contributed by atoms with Crippen molar-refractivity contribution < 1.29 is 9.53 Å². The number of nitrogens with one attached hydrogen (secondary N) is 2. The van der Waals surface area contributed by atoms with Gasteiger partial charge in [0.25, 0.3) is 5.91 Å². The lowest BCUT2D eigenvalue weighted by Gasteiger charge is -2.22. The number of rotatable bonds is 3. The number of amides is 1. The molecule has 0 unspecified atom stereocenters. The minimum Gasteiger partial charge on any atom is -0.366 e. The van der Waals surface area contributed by atoms with Gasteiger partial charge in [-0.05, 0) is 12.8 Å². The normalized spacial score (nSPS) is 24.6. The van der Waals surface area contributed by atoms with E-state index in [1.807, 2.05) is 5.38 Å². The van der Waals surface area contributed by atoms with Crippen molar-refractivity contribution >= 4 is 22.4 Å². The van der Waals surface area contributed by atoms with E-state index in [2.05, 4.69) is 15.6 Å². The van der Waals surface area contributed by atoms with Gasteiger partial charge in [0, 0.05) is 24.4 Å². The Morgan fingerprint density at radius 1 is 1.59 bits per heavy atom. The number of carbonyl (C=O) groups is 1. The second-order valence-corrected chi connectivity index (χ2v) is 5.26. The third kappa shape index (κ3) is 2.65. The quantitative estimate of drug-likeness (QED) is 0.842. The molecular weight excluding hydrogens is 238 g/mol. The van der Waals surface area contributed by atoms with Crippen molar-refractivity contribution in [2.45, 2.75) is 24.9 Å². The van der Waals surface area contributed by atoms with Crippen molar-refractivity contribution in [3.05, 3.63) is 11.1 Å². The summed E-state index contributed by atoms with van der Waals surface area (Å²) in [6, 6.07) is 0. The van der Waals surface area contributed by atoms with E-state index in [4.69, 9.17) is 4.74 Å². The molecule has 6 heteroatoms. The number of thiazole rings is 1. The van der Waals surface area contributed by atoms with E-state index in [0.717, 1.165) is 12.2 Å². The summed E-state index contributed by atoms with van der Waals surface area (Å²) in [6.45, 7) is 1.98. The van der Waals surface area contributed by atoms with Crippen LogP contribution in [0.3, 0.4) is 0 Å². The Hall–Kier alpha value is -0.980. The first-order valence-electron chi connectivity index (χ1n) is 5.91. The fourth-order valence-electron chi connectivity index (χ4n) is 1.83. The van der Waals surface area contributed by atoms with E-state index >= 15 is 0 Å². The SMILES string of the molecule is O=C(Nc1nc(C2CC2)cs1)[C@@H]1CNCCO1. The molecule has 17 heavy (non-hydrogen) atoms. The van der Waals surface area contributed by atoms with Crippen LogP contribution in [0.5, 0.6) is 0 Å². The lowest BCUT2D eigenvalue weighted by atomic mass is 10.3. The molecule has 1 amide bonds. The molecule has 1 atom stereocenters. The summed E-state index contributed by atoms with van der Waals surface area (Å²) in [5.41, 5.74) is 1.12. The average molecular weight is 253 g/mol. The fraction of sp³-hybridized carbons (Fsp3) is 0.636. The standard InChI is InChI=1S/C11H15N3O2S/c15-10(9-5-12-3-4-16-9)14-11-13-8(6-17-11)7-1-2-7/h6-7,9,12H,1-5H2,(H,13,14,15)/t9-/m0/s1. The predicted molar refractivity (Wildman–Crippen MR) is 65.3 cm³/mol. The summed E-state index contributed by atoms with van der Waals surface area (Å²) >= 11 is 1.49. The first kappa shape index (κ1) is 11.1. The van der Waals surface area contributed by atoms with Crippen LogP contribution in [-0.4, -0.2) is 36.7 Å². The molecule has 1 aliphatic carbocycles. The van der Waals surface area contributed by atoms with Crippen LogP contribution >= 0.6 is 11.3 Å². The number of hydrogen-bond donors (Lipinski definition) is 2. The monoisotopic (exact) mass is 253 g/mol. The van der Waals surface area contributed by atoms with E-state index in [-0.39, 0.29) is 5.91 Å². The highest BCUT2D eigenvalue weighted by atomic mass is 32.1. The zero-order valence-electron chi connectivity index (χ0n) is 9.44. The van der Waals surface area contributed by atoms with Crippen LogP contribution in [0, 0.1) is 0 Å². The van der Waals surface area contributed by atoms with Gasteiger partial charge in [-0.15, -0.1) is 11.3 Å². The van der Waals surface area contributed by atoms with E-state index in [1.165, 1.54) is 24.2 Å². The Kier molecular flexibility index (Phi) is 3.09. The highest BCUT2D eigenvalue weighted by Crippen LogP contribution is 2.40. The van der Waals surface area contributed by atoms with Crippen LogP contribution in [0.25, 0.3) is 0 Å². The van der Waals surface area contributed by atoms with E-state index in [1.54, 1.807) is 0 Å². The van der Waals surface area contributed by atoms with Gasteiger partial charge in [0.15, 0.2) is 5.13 Å². The number of aromatic nitrogens is 1. The lowest BCUT2D eigenvalue weighted by molar-refractivity contribution is -0.128. The Labute approximate surface area is 104 Å². The van der Waals surface area contributed by atoms with Gasteiger partial charge in [0.05, 0.1) is 12.3 Å². The Balaban J connectivity index is 1.58. The molecule has 2 heterocycles. The Morgan fingerprint density at radius 3 is 3.18 bits per heavy atom. The summed E-state index contributed by atoms with van der Waals surface area (Å²) in [5, 5.41) is 8.67. The van der Waals surface area contributed by atoms with Gasteiger partial charge < -0.3 is 10.1 Å². The highest BCUT2D eigenvalue weighted by Gasteiger charge is 2.27. The van der Waals surface area contributed by atoms with Gasteiger partial charge in [-0.3, -0.25) is 10.1 Å². The van der Waals surface area contributed by atoms with Crippen LogP contribution in [0.1, 0.15) is 24.5 Å². The topological polar surface area (TPSA) is 63.2 Å². The fourth-order valence-corrected chi connectivity index (χ4v) is 2.63. The van der Waals surface area contributed by atoms with E-state index in [0.29, 0.717) is 24.2 Å². The van der Waals surface area contributed by atoms with Crippen molar-refractivity contribution in [2.24, 2.45) is 0 Å². The predicted octanol–water partition coefficient (Wildman–Crippen LogP) is 0.947. The van der Waals surface area contributed by atoms with Crippen molar-refractivity contribution in [3.63, 3.8) is 0 Å². The van der Waals surface area contributed by atoms with Crippen LogP contribution in [0.2, 0.25) is 0 Å². The molecule has 2 aliphatic rings. The molecule has 2 N–H and O–H groups in total. The maximum absolute atomic E-state index is 11.9. The number of hydrogen-bond acceptors (Lipinski definition) is 5. The molecule has 2 fully saturated rings. The summed E-state index contributed by atoms with van der Waals surface area (Å²) in [5.74, 6) is 0.526. The summed E-state index contributed by atoms with van der Waals surface area (Å²) in [4.78, 5) is 16.3. The molecule has 92 valence electrons. The molecule has 0 radical (unpaired) electrons. The number of anilines is 1. The van der Waals surface area contributed by atoms with Gasteiger partial charge in [-0.2, -0.15) is 0 Å².